The first-order valence-corrected chi connectivity index (χ1v) is 5.58. The van der Waals surface area contributed by atoms with Gasteiger partial charge in [-0.05, 0) is 19.3 Å². The third kappa shape index (κ3) is 2.21. The van der Waals surface area contributed by atoms with Crippen LogP contribution in [0.15, 0.2) is 0 Å². The maximum Gasteiger partial charge on any atom is 0.322 e. The quantitative estimate of drug-likeness (QED) is 0.541. The van der Waals surface area contributed by atoms with Crippen molar-refractivity contribution in [3.8, 4) is 0 Å². The van der Waals surface area contributed by atoms with Gasteiger partial charge in [-0.25, -0.2) is 0 Å². The lowest BCUT2D eigenvalue weighted by Gasteiger charge is -2.30. The molecule has 7 nitrogen and oxygen atoms in total. The number of hydrogen-bond acceptors (Lipinski definition) is 4. The van der Waals surface area contributed by atoms with E-state index in [0.29, 0.717) is 12.8 Å². The van der Waals surface area contributed by atoms with Crippen LogP contribution in [0.2, 0.25) is 0 Å². The maximum atomic E-state index is 11.2. The van der Waals surface area contributed by atoms with Gasteiger partial charge < -0.3 is 10.3 Å². The number of carboxylic acids is 1. The molecule has 0 amide bonds. The lowest BCUT2D eigenvalue weighted by atomic mass is 10.1. The molecule has 0 aromatic heterocycles. The van der Waals surface area contributed by atoms with E-state index in [1.165, 1.54) is 0 Å². The zero-order valence-electron chi connectivity index (χ0n) is 7.38. The molecule has 1 saturated heterocycles. The van der Waals surface area contributed by atoms with Gasteiger partial charge in [0, 0.05) is 6.54 Å². The van der Waals surface area contributed by atoms with Gasteiger partial charge in [-0.2, -0.15) is 12.7 Å². The van der Waals surface area contributed by atoms with Crippen molar-refractivity contribution in [2.24, 2.45) is 0 Å². The molecule has 82 valence electrons. The molecule has 0 aliphatic carbocycles. The van der Waals surface area contributed by atoms with Crippen LogP contribution >= 0.6 is 0 Å². The SMILES string of the molecule is O=C(O)C1CCCCN1S(=O)(=O)NO. The molecule has 1 aliphatic heterocycles. The molecule has 14 heavy (non-hydrogen) atoms. The predicted octanol–water partition coefficient (Wildman–Crippen LogP) is -0.851. The number of hydrogen-bond donors (Lipinski definition) is 3. The van der Waals surface area contributed by atoms with Gasteiger partial charge in [-0.15, -0.1) is 0 Å². The molecule has 0 aromatic rings. The van der Waals surface area contributed by atoms with Crippen molar-refractivity contribution in [1.82, 2.24) is 9.19 Å². The standard InChI is InChI=1S/C6H12N2O5S/c9-6(10)5-3-1-2-4-8(5)14(12,13)7-11/h5,7,11H,1-4H2,(H,9,10). The lowest BCUT2D eigenvalue weighted by molar-refractivity contribution is -0.142. The molecular formula is C6H12N2O5S. The summed E-state index contributed by atoms with van der Waals surface area (Å²) in [5.74, 6) is -1.19. The van der Waals surface area contributed by atoms with Crippen molar-refractivity contribution in [1.29, 1.82) is 0 Å². The molecule has 0 saturated carbocycles. The first-order valence-electron chi connectivity index (χ1n) is 4.14. The van der Waals surface area contributed by atoms with Gasteiger partial charge in [0.2, 0.25) is 0 Å². The topological polar surface area (TPSA) is 107 Å². The van der Waals surface area contributed by atoms with Gasteiger partial charge in [0.05, 0.1) is 0 Å². The normalized spacial score (nSPS) is 24.8. The first-order chi connectivity index (χ1) is 6.49. The minimum atomic E-state index is -4.06. The van der Waals surface area contributed by atoms with E-state index in [2.05, 4.69) is 0 Å². The Hall–Kier alpha value is -0.700. The highest BCUT2D eigenvalue weighted by molar-refractivity contribution is 7.87. The Morgan fingerprint density at radius 2 is 2.07 bits per heavy atom. The molecular weight excluding hydrogens is 212 g/mol. The summed E-state index contributed by atoms with van der Waals surface area (Å²) >= 11 is 0. The fourth-order valence-electron chi connectivity index (χ4n) is 1.49. The highest BCUT2D eigenvalue weighted by Crippen LogP contribution is 2.19. The molecule has 3 N–H and O–H groups in total. The number of carboxylic acid groups (broad SMARTS) is 1. The van der Waals surface area contributed by atoms with Gasteiger partial charge in [0.1, 0.15) is 6.04 Å². The summed E-state index contributed by atoms with van der Waals surface area (Å²) in [6.07, 6.45) is 1.55. The molecule has 0 aromatic carbocycles. The van der Waals surface area contributed by atoms with Crippen molar-refractivity contribution < 1.29 is 23.5 Å². The van der Waals surface area contributed by atoms with Crippen LogP contribution < -0.4 is 4.89 Å². The van der Waals surface area contributed by atoms with Crippen LogP contribution in [-0.4, -0.2) is 41.6 Å². The van der Waals surface area contributed by atoms with Crippen LogP contribution in [0.4, 0.5) is 0 Å². The van der Waals surface area contributed by atoms with Gasteiger partial charge in [0.25, 0.3) is 0 Å². The van der Waals surface area contributed by atoms with E-state index in [-0.39, 0.29) is 13.0 Å². The third-order valence-electron chi connectivity index (χ3n) is 2.16. The van der Waals surface area contributed by atoms with Crippen LogP contribution in [0.5, 0.6) is 0 Å². The molecule has 1 atom stereocenters. The summed E-state index contributed by atoms with van der Waals surface area (Å²) in [7, 11) is -4.06. The largest absolute Gasteiger partial charge is 0.480 e. The first kappa shape index (κ1) is 11.4. The van der Waals surface area contributed by atoms with Crippen LogP contribution in [0.1, 0.15) is 19.3 Å². The highest BCUT2D eigenvalue weighted by Gasteiger charge is 2.36. The van der Waals surface area contributed by atoms with Crippen LogP contribution in [0, 0.1) is 0 Å². The number of carbonyl (C=O) groups is 1. The third-order valence-corrected chi connectivity index (χ3v) is 3.45. The number of nitrogens with zero attached hydrogens (tertiary/aromatic N) is 1. The fourth-order valence-corrected chi connectivity index (χ4v) is 2.50. The van der Waals surface area contributed by atoms with Crippen molar-refractivity contribution in [2.75, 3.05) is 6.54 Å². The van der Waals surface area contributed by atoms with Crippen molar-refractivity contribution in [3.05, 3.63) is 0 Å². The van der Waals surface area contributed by atoms with Crippen molar-refractivity contribution in [3.63, 3.8) is 0 Å². The molecule has 0 spiro atoms. The van der Waals surface area contributed by atoms with Gasteiger partial charge in [-0.1, -0.05) is 4.89 Å². The van der Waals surface area contributed by atoms with Crippen LogP contribution in [-0.2, 0) is 15.0 Å². The number of rotatable bonds is 3. The monoisotopic (exact) mass is 224 g/mol. The number of nitrogens with one attached hydrogen (secondary N) is 1. The van der Waals surface area contributed by atoms with E-state index in [1.807, 2.05) is 0 Å². The Morgan fingerprint density at radius 3 is 2.57 bits per heavy atom. The summed E-state index contributed by atoms with van der Waals surface area (Å²) in [4.78, 5) is 11.8. The second-order valence-electron chi connectivity index (χ2n) is 3.06. The van der Waals surface area contributed by atoms with Gasteiger partial charge in [0.15, 0.2) is 0 Å². The highest BCUT2D eigenvalue weighted by atomic mass is 32.2. The van der Waals surface area contributed by atoms with Crippen LogP contribution in [0.3, 0.4) is 0 Å². The molecule has 0 radical (unpaired) electrons. The fraction of sp³-hybridized carbons (Fsp3) is 0.833. The van der Waals surface area contributed by atoms with E-state index in [0.717, 1.165) is 9.19 Å². The molecule has 1 aliphatic rings. The average molecular weight is 224 g/mol. The predicted molar refractivity (Wildman–Crippen MR) is 45.8 cm³/mol. The average Bonchev–Trinajstić information content (AvgIpc) is 2.18. The summed E-state index contributed by atoms with van der Waals surface area (Å²) in [5.41, 5.74) is 0. The van der Waals surface area contributed by atoms with Crippen LogP contribution in [0.25, 0.3) is 0 Å². The molecule has 8 heteroatoms. The Morgan fingerprint density at radius 1 is 1.43 bits per heavy atom. The zero-order valence-corrected chi connectivity index (χ0v) is 8.20. The zero-order chi connectivity index (χ0) is 10.8. The van der Waals surface area contributed by atoms with E-state index < -0.39 is 22.2 Å². The Bertz CT molecular complexity index is 314. The molecule has 1 fully saturated rings. The number of piperidine rings is 1. The summed E-state index contributed by atoms with van der Waals surface area (Å²) < 4.78 is 23.1. The van der Waals surface area contributed by atoms with E-state index in [9.17, 15) is 13.2 Å². The van der Waals surface area contributed by atoms with Gasteiger partial charge >= 0.3 is 16.2 Å². The smallest absolute Gasteiger partial charge is 0.322 e. The molecule has 1 heterocycles. The molecule has 1 rings (SSSR count). The second-order valence-corrected chi connectivity index (χ2v) is 4.66. The summed E-state index contributed by atoms with van der Waals surface area (Å²) in [6.45, 7) is 0.118. The Kier molecular flexibility index (Phi) is 3.43. The minimum Gasteiger partial charge on any atom is -0.480 e. The van der Waals surface area contributed by atoms with E-state index in [4.69, 9.17) is 10.3 Å². The van der Waals surface area contributed by atoms with Crippen molar-refractivity contribution in [2.45, 2.75) is 25.3 Å². The summed E-state index contributed by atoms with van der Waals surface area (Å²) in [6, 6.07) is -1.08. The van der Waals surface area contributed by atoms with E-state index >= 15 is 0 Å². The Balaban J connectivity index is 2.88. The Labute approximate surface area is 81.5 Å². The van der Waals surface area contributed by atoms with E-state index in [1.54, 1.807) is 0 Å². The second kappa shape index (κ2) is 4.22. The number of aliphatic carboxylic acids is 1. The van der Waals surface area contributed by atoms with Gasteiger partial charge in [-0.3, -0.25) is 4.79 Å². The molecule has 0 bridgehead atoms. The van der Waals surface area contributed by atoms with Crippen molar-refractivity contribution >= 4 is 16.2 Å². The maximum absolute atomic E-state index is 11.2. The molecule has 1 unspecified atom stereocenters. The summed E-state index contributed by atoms with van der Waals surface area (Å²) in [5, 5.41) is 17.1. The lowest BCUT2D eigenvalue weighted by Crippen LogP contribution is -2.51. The minimum absolute atomic E-state index is 0.118.